The van der Waals surface area contributed by atoms with Crippen molar-refractivity contribution >= 4 is 52.3 Å². The Morgan fingerprint density at radius 3 is 2.83 bits per heavy atom. The summed E-state index contributed by atoms with van der Waals surface area (Å²) in [5, 5.41) is 15.2. The predicted molar refractivity (Wildman–Crippen MR) is 93.4 cm³/mol. The number of carbonyl (C=O) groups excluding carboxylic acids is 1. The fourth-order valence-electron chi connectivity index (χ4n) is 1.68. The van der Waals surface area contributed by atoms with Crippen molar-refractivity contribution in [3.8, 4) is 5.75 Å². The average molecular weight is 388 g/mol. The van der Waals surface area contributed by atoms with Gasteiger partial charge in [0.2, 0.25) is 0 Å². The third-order valence-electron chi connectivity index (χ3n) is 2.74. The van der Waals surface area contributed by atoms with Gasteiger partial charge in [-0.1, -0.05) is 23.2 Å². The summed E-state index contributed by atoms with van der Waals surface area (Å²) < 4.78 is 5.25. The highest BCUT2D eigenvalue weighted by Crippen LogP contribution is 2.27. The number of nitro groups is 1. The highest BCUT2D eigenvalue weighted by atomic mass is 35.5. The number of hydrazone groups is 1. The molecule has 24 heavy (non-hydrogen) atoms. The molecule has 0 atom stereocenters. The molecule has 0 aliphatic rings. The highest BCUT2D eigenvalue weighted by molar-refractivity contribution is 7.14. The van der Waals surface area contributed by atoms with E-state index in [0.29, 0.717) is 25.5 Å². The van der Waals surface area contributed by atoms with Crippen molar-refractivity contribution in [2.45, 2.75) is 6.92 Å². The van der Waals surface area contributed by atoms with Crippen molar-refractivity contribution in [1.82, 2.24) is 5.43 Å². The predicted octanol–water partition coefficient (Wildman–Crippen LogP) is 3.80. The lowest BCUT2D eigenvalue weighted by atomic mass is 10.3. The second-order valence-corrected chi connectivity index (χ2v) is 6.64. The first kappa shape index (κ1) is 18.2. The van der Waals surface area contributed by atoms with Crippen LogP contribution >= 0.6 is 34.5 Å². The second-order valence-electron chi connectivity index (χ2n) is 4.50. The number of halogens is 2. The minimum atomic E-state index is -0.500. The zero-order valence-corrected chi connectivity index (χ0v) is 14.6. The van der Waals surface area contributed by atoms with Gasteiger partial charge in [0, 0.05) is 11.1 Å². The summed E-state index contributed by atoms with van der Waals surface area (Å²) in [6.45, 7) is 1.35. The molecule has 1 N–H and O–H groups in total. The fraction of sp³-hybridized carbons (Fsp3) is 0.143. The molecule has 1 aromatic carbocycles. The summed E-state index contributed by atoms with van der Waals surface area (Å²) in [6, 6.07) is 6.03. The molecule has 2 aromatic rings. The van der Waals surface area contributed by atoms with Gasteiger partial charge in [0.25, 0.3) is 11.6 Å². The van der Waals surface area contributed by atoms with Crippen LogP contribution in [0.25, 0.3) is 0 Å². The number of ether oxygens (including phenoxy) is 1. The van der Waals surface area contributed by atoms with E-state index in [4.69, 9.17) is 27.9 Å². The second kappa shape index (κ2) is 8.09. The first-order valence-electron chi connectivity index (χ1n) is 6.51. The van der Waals surface area contributed by atoms with Gasteiger partial charge in [-0.2, -0.15) is 5.10 Å². The SMILES string of the molecule is Cc1sc(/C=N\NC(=O)COc2ccc(Cl)cc2Cl)cc1[N+](=O)[O-]. The number of carbonyl (C=O) groups is 1. The lowest BCUT2D eigenvalue weighted by Gasteiger charge is -2.06. The van der Waals surface area contributed by atoms with Gasteiger partial charge in [0.05, 0.1) is 25.9 Å². The Balaban J connectivity index is 1.86. The zero-order chi connectivity index (χ0) is 17.7. The monoisotopic (exact) mass is 387 g/mol. The van der Waals surface area contributed by atoms with E-state index in [1.165, 1.54) is 29.7 Å². The van der Waals surface area contributed by atoms with Crippen molar-refractivity contribution in [3.63, 3.8) is 0 Å². The normalized spacial score (nSPS) is 10.8. The Bertz CT molecular complexity index is 807. The molecule has 0 fully saturated rings. The summed E-state index contributed by atoms with van der Waals surface area (Å²) in [7, 11) is 0. The molecule has 126 valence electrons. The van der Waals surface area contributed by atoms with Crippen LogP contribution in [0, 0.1) is 17.0 Å². The quantitative estimate of drug-likeness (QED) is 0.463. The summed E-state index contributed by atoms with van der Waals surface area (Å²) in [5.41, 5.74) is 2.29. The molecule has 1 heterocycles. The van der Waals surface area contributed by atoms with Crippen LogP contribution in [0.1, 0.15) is 9.75 Å². The van der Waals surface area contributed by atoms with Gasteiger partial charge in [-0.25, -0.2) is 5.43 Å². The Kier molecular flexibility index (Phi) is 6.13. The fourth-order valence-corrected chi connectivity index (χ4v) is 3.01. The summed E-state index contributed by atoms with van der Waals surface area (Å²) in [5.74, 6) is -0.176. The van der Waals surface area contributed by atoms with Gasteiger partial charge in [-0.05, 0) is 25.1 Å². The largest absolute Gasteiger partial charge is 0.482 e. The Morgan fingerprint density at radius 2 is 2.21 bits per heavy atom. The van der Waals surface area contributed by atoms with Crippen LogP contribution in [-0.4, -0.2) is 23.7 Å². The number of hydrogen-bond donors (Lipinski definition) is 1. The third kappa shape index (κ3) is 4.92. The van der Waals surface area contributed by atoms with E-state index in [2.05, 4.69) is 10.5 Å². The smallest absolute Gasteiger partial charge is 0.283 e. The number of nitrogens with one attached hydrogen (secondary N) is 1. The van der Waals surface area contributed by atoms with Crippen molar-refractivity contribution < 1.29 is 14.5 Å². The summed E-state index contributed by atoms with van der Waals surface area (Å²) in [4.78, 5) is 23.0. The highest BCUT2D eigenvalue weighted by Gasteiger charge is 2.14. The standard InChI is InChI=1S/C14H11Cl2N3O4S/c1-8-12(19(21)22)5-10(24-8)6-17-18-14(20)7-23-13-3-2-9(15)4-11(13)16/h2-6H,7H2,1H3,(H,18,20)/b17-6-. The van der Waals surface area contributed by atoms with Crippen LogP contribution in [-0.2, 0) is 4.79 Å². The van der Waals surface area contributed by atoms with E-state index in [1.807, 2.05) is 0 Å². The number of nitrogens with zero attached hydrogens (tertiary/aromatic N) is 2. The molecule has 0 spiro atoms. The Morgan fingerprint density at radius 1 is 1.46 bits per heavy atom. The van der Waals surface area contributed by atoms with Gasteiger partial charge >= 0.3 is 0 Å². The molecular formula is C14H11Cl2N3O4S. The van der Waals surface area contributed by atoms with Gasteiger partial charge in [0.1, 0.15) is 5.75 Å². The van der Waals surface area contributed by atoms with Crippen LogP contribution in [0.4, 0.5) is 5.69 Å². The van der Waals surface area contributed by atoms with Gasteiger partial charge in [-0.15, -0.1) is 11.3 Å². The van der Waals surface area contributed by atoms with Crippen LogP contribution in [0.2, 0.25) is 10.0 Å². The van der Waals surface area contributed by atoms with Crippen molar-refractivity contribution in [2.75, 3.05) is 6.61 Å². The lowest BCUT2D eigenvalue weighted by molar-refractivity contribution is -0.385. The van der Waals surface area contributed by atoms with E-state index in [9.17, 15) is 14.9 Å². The van der Waals surface area contributed by atoms with Crippen molar-refractivity contribution in [2.24, 2.45) is 5.10 Å². The molecule has 1 amide bonds. The first-order valence-corrected chi connectivity index (χ1v) is 8.08. The Labute approximate surface area is 151 Å². The third-order valence-corrected chi connectivity index (χ3v) is 4.25. The van der Waals surface area contributed by atoms with Crippen LogP contribution in [0.5, 0.6) is 5.75 Å². The maximum absolute atomic E-state index is 11.6. The molecule has 0 radical (unpaired) electrons. The number of benzene rings is 1. The van der Waals surface area contributed by atoms with E-state index >= 15 is 0 Å². The molecule has 0 unspecified atom stereocenters. The lowest BCUT2D eigenvalue weighted by Crippen LogP contribution is -2.24. The molecule has 0 saturated heterocycles. The number of thiophene rings is 1. The topological polar surface area (TPSA) is 93.8 Å². The van der Waals surface area contributed by atoms with Gasteiger partial charge < -0.3 is 4.74 Å². The average Bonchev–Trinajstić information content (AvgIpc) is 2.87. The molecule has 1 aromatic heterocycles. The molecule has 2 rings (SSSR count). The summed E-state index contributed by atoms with van der Waals surface area (Å²) >= 11 is 12.9. The van der Waals surface area contributed by atoms with E-state index in [-0.39, 0.29) is 12.3 Å². The summed E-state index contributed by atoms with van der Waals surface area (Å²) in [6.07, 6.45) is 1.33. The molecule has 7 nitrogen and oxygen atoms in total. The number of rotatable bonds is 6. The van der Waals surface area contributed by atoms with Crippen molar-refractivity contribution in [3.05, 3.63) is 54.2 Å². The minimum absolute atomic E-state index is 0.0218. The number of hydrogen-bond acceptors (Lipinski definition) is 6. The Hall–Kier alpha value is -2.16. The first-order chi connectivity index (χ1) is 11.4. The number of aryl methyl sites for hydroxylation is 1. The van der Waals surface area contributed by atoms with Crippen LogP contribution in [0.15, 0.2) is 29.4 Å². The molecule has 0 saturated carbocycles. The zero-order valence-electron chi connectivity index (χ0n) is 12.3. The molecule has 0 bridgehead atoms. The molecular weight excluding hydrogens is 377 g/mol. The van der Waals surface area contributed by atoms with E-state index < -0.39 is 10.8 Å². The van der Waals surface area contributed by atoms with E-state index in [1.54, 1.807) is 19.1 Å². The maximum Gasteiger partial charge on any atom is 0.283 e. The van der Waals surface area contributed by atoms with Crippen LogP contribution < -0.4 is 10.2 Å². The van der Waals surface area contributed by atoms with E-state index in [0.717, 1.165) is 0 Å². The minimum Gasteiger partial charge on any atom is -0.482 e. The molecule has 0 aliphatic carbocycles. The van der Waals surface area contributed by atoms with Crippen molar-refractivity contribution in [1.29, 1.82) is 0 Å². The maximum atomic E-state index is 11.6. The molecule has 10 heteroatoms. The van der Waals surface area contributed by atoms with Gasteiger partial charge in [0.15, 0.2) is 6.61 Å². The number of amides is 1. The molecule has 0 aliphatic heterocycles. The van der Waals surface area contributed by atoms with Gasteiger partial charge in [-0.3, -0.25) is 14.9 Å². The van der Waals surface area contributed by atoms with Crippen LogP contribution in [0.3, 0.4) is 0 Å².